The maximum Gasteiger partial charge on any atom is 0.409 e. The highest BCUT2D eigenvalue weighted by Crippen LogP contribution is 2.27. The van der Waals surface area contributed by atoms with Crippen molar-refractivity contribution in [1.82, 2.24) is 0 Å². The quantitative estimate of drug-likeness (QED) is 0.542. The fraction of sp³-hybridized carbons (Fsp3) is 0.294. The van der Waals surface area contributed by atoms with Gasteiger partial charge in [0.15, 0.2) is 0 Å². The van der Waals surface area contributed by atoms with Gasteiger partial charge in [-0.25, -0.2) is 0 Å². The van der Waals surface area contributed by atoms with Crippen molar-refractivity contribution in [3.05, 3.63) is 60.2 Å². The van der Waals surface area contributed by atoms with Gasteiger partial charge < -0.3 is 8.85 Å². The van der Waals surface area contributed by atoms with Crippen molar-refractivity contribution < 1.29 is 8.85 Å². The van der Waals surface area contributed by atoms with Crippen LogP contribution in [-0.2, 0) is 8.85 Å². The Hall–Kier alpha value is -1.13. The summed E-state index contributed by atoms with van der Waals surface area (Å²) in [6.07, 6.45) is 0. The molecule has 0 aliphatic heterocycles. The maximum atomic E-state index is 6.52. The molecular formula is C17H20ClO2Si. The van der Waals surface area contributed by atoms with Gasteiger partial charge in [-0.15, -0.1) is 11.6 Å². The van der Waals surface area contributed by atoms with Crippen LogP contribution in [0, 0.1) is 0 Å². The maximum absolute atomic E-state index is 6.52. The summed E-state index contributed by atoms with van der Waals surface area (Å²) in [7, 11) is -1.49. The zero-order valence-electron chi connectivity index (χ0n) is 12.4. The summed E-state index contributed by atoms with van der Waals surface area (Å²) in [5.41, 5.74) is 3.44. The van der Waals surface area contributed by atoms with E-state index in [9.17, 15) is 0 Å². The summed E-state index contributed by atoms with van der Waals surface area (Å²) in [6, 6.07) is 18.6. The number of hydrogen-bond acceptors (Lipinski definition) is 2. The van der Waals surface area contributed by atoms with Crippen LogP contribution in [0.4, 0.5) is 0 Å². The first-order valence-electron chi connectivity index (χ1n) is 7.18. The van der Waals surface area contributed by atoms with Crippen molar-refractivity contribution >= 4 is 20.9 Å². The first kappa shape index (κ1) is 16.2. The molecule has 0 heterocycles. The van der Waals surface area contributed by atoms with Gasteiger partial charge in [0, 0.05) is 13.2 Å². The normalized spacial score (nSPS) is 12.6. The van der Waals surface area contributed by atoms with E-state index in [1.807, 2.05) is 32.0 Å². The van der Waals surface area contributed by atoms with Crippen molar-refractivity contribution in [2.45, 2.75) is 18.8 Å². The molecule has 0 aliphatic carbocycles. The average molecular weight is 320 g/mol. The van der Waals surface area contributed by atoms with Gasteiger partial charge in [0.05, 0.1) is 0 Å². The van der Waals surface area contributed by atoms with Gasteiger partial charge in [0.25, 0.3) is 0 Å². The molecule has 2 aromatic rings. The zero-order chi connectivity index (χ0) is 15.1. The molecule has 1 unspecified atom stereocenters. The van der Waals surface area contributed by atoms with Gasteiger partial charge in [-0.3, -0.25) is 0 Å². The number of alkyl halides is 1. The fourth-order valence-corrected chi connectivity index (χ4v) is 4.02. The summed E-state index contributed by atoms with van der Waals surface area (Å²) < 4.78 is 11.3. The number of halogens is 1. The molecule has 0 spiro atoms. The van der Waals surface area contributed by atoms with Crippen molar-refractivity contribution in [3.8, 4) is 11.1 Å². The zero-order valence-corrected chi connectivity index (χ0v) is 14.1. The Kier molecular flexibility index (Phi) is 6.45. The Morgan fingerprint density at radius 3 is 1.90 bits per heavy atom. The first-order chi connectivity index (χ1) is 10.3. The topological polar surface area (TPSA) is 18.5 Å². The minimum absolute atomic E-state index is 0.209. The van der Waals surface area contributed by atoms with Crippen LogP contribution in [0.25, 0.3) is 11.1 Å². The molecule has 4 heteroatoms. The van der Waals surface area contributed by atoms with Gasteiger partial charge in [0.1, 0.15) is 5.00 Å². The third kappa shape index (κ3) is 4.42. The first-order valence-corrected chi connectivity index (χ1v) is 9.01. The largest absolute Gasteiger partial charge is 0.409 e. The van der Waals surface area contributed by atoms with Gasteiger partial charge in [0.2, 0.25) is 0 Å². The van der Waals surface area contributed by atoms with E-state index >= 15 is 0 Å². The molecule has 0 amide bonds. The lowest BCUT2D eigenvalue weighted by molar-refractivity contribution is 0.211. The van der Waals surface area contributed by atoms with E-state index < -0.39 is 9.28 Å². The third-order valence-corrected chi connectivity index (χ3v) is 5.77. The van der Waals surface area contributed by atoms with Crippen LogP contribution >= 0.6 is 11.6 Å². The lowest BCUT2D eigenvalue weighted by Crippen LogP contribution is -2.28. The Labute approximate surface area is 133 Å². The molecule has 2 rings (SSSR count). The summed E-state index contributed by atoms with van der Waals surface area (Å²) in [6.45, 7) is 5.18. The second kappa shape index (κ2) is 8.34. The van der Waals surface area contributed by atoms with Crippen molar-refractivity contribution in [2.24, 2.45) is 0 Å². The number of hydrogen-bond donors (Lipinski definition) is 0. The molecule has 2 aromatic carbocycles. The van der Waals surface area contributed by atoms with Crippen molar-refractivity contribution in [3.63, 3.8) is 0 Å². The molecule has 0 saturated heterocycles. The second-order valence-corrected chi connectivity index (χ2v) is 7.13. The van der Waals surface area contributed by atoms with Crippen molar-refractivity contribution in [1.29, 1.82) is 0 Å². The molecule has 0 saturated carbocycles. The highest BCUT2D eigenvalue weighted by atomic mass is 35.5. The smallest absolute Gasteiger partial charge is 0.393 e. The summed E-state index contributed by atoms with van der Waals surface area (Å²) in [4.78, 5) is 0. The molecule has 111 valence electrons. The minimum Gasteiger partial charge on any atom is -0.393 e. The number of benzene rings is 2. The highest BCUT2D eigenvalue weighted by Gasteiger charge is 2.27. The van der Waals surface area contributed by atoms with Gasteiger partial charge in [-0.05, 0) is 30.5 Å². The Balaban J connectivity index is 2.14. The van der Waals surface area contributed by atoms with Crippen LogP contribution in [-0.4, -0.2) is 22.5 Å². The van der Waals surface area contributed by atoms with Crippen LogP contribution in [0.15, 0.2) is 54.6 Å². The monoisotopic (exact) mass is 319 g/mol. The van der Waals surface area contributed by atoms with Crippen LogP contribution in [0.3, 0.4) is 0 Å². The van der Waals surface area contributed by atoms with Gasteiger partial charge in [-0.1, -0.05) is 54.6 Å². The molecule has 21 heavy (non-hydrogen) atoms. The molecule has 2 nitrogen and oxygen atoms in total. The summed E-state index contributed by atoms with van der Waals surface area (Å²) >= 11 is 6.52. The van der Waals surface area contributed by atoms with E-state index in [-0.39, 0.29) is 5.00 Å². The van der Waals surface area contributed by atoms with E-state index in [1.54, 1.807) is 0 Å². The van der Waals surface area contributed by atoms with Gasteiger partial charge >= 0.3 is 9.28 Å². The molecule has 0 fully saturated rings. The molecule has 0 N–H and O–H groups in total. The van der Waals surface area contributed by atoms with Crippen molar-refractivity contribution in [2.75, 3.05) is 13.2 Å². The molecular weight excluding hydrogens is 300 g/mol. The minimum atomic E-state index is -1.49. The molecule has 0 bridgehead atoms. The molecule has 0 aromatic heterocycles. The molecule has 1 atom stereocenters. The predicted molar refractivity (Wildman–Crippen MR) is 89.5 cm³/mol. The Morgan fingerprint density at radius 1 is 0.857 bits per heavy atom. The summed E-state index contributed by atoms with van der Waals surface area (Å²) in [5.74, 6) is 0. The lowest BCUT2D eigenvalue weighted by Gasteiger charge is -2.18. The summed E-state index contributed by atoms with van der Waals surface area (Å²) in [5, 5.41) is -0.209. The van der Waals surface area contributed by atoms with E-state index in [2.05, 4.69) is 36.4 Å². The van der Waals surface area contributed by atoms with E-state index in [0.717, 1.165) is 5.56 Å². The molecule has 0 aliphatic rings. The van der Waals surface area contributed by atoms with E-state index in [1.165, 1.54) is 11.1 Å². The lowest BCUT2D eigenvalue weighted by atomic mass is 10.0. The highest BCUT2D eigenvalue weighted by molar-refractivity contribution is 6.58. The van der Waals surface area contributed by atoms with Crippen LogP contribution in [0.2, 0.25) is 0 Å². The average Bonchev–Trinajstić information content (AvgIpc) is 2.55. The van der Waals surface area contributed by atoms with E-state index in [4.69, 9.17) is 20.5 Å². The van der Waals surface area contributed by atoms with Crippen LogP contribution < -0.4 is 0 Å². The fourth-order valence-electron chi connectivity index (χ4n) is 2.08. The Morgan fingerprint density at radius 2 is 1.38 bits per heavy atom. The van der Waals surface area contributed by atoms with Crippen LogP contribution in [0.1, 0.15) is 24.4 Å². The standard InChI is InChI=1S/C17H20ClO2Si/c1-3-19-21(20-4-2)17(18)16-12-10-15(11-13-16)14-8-6-5-7-9-14/h5-13,17H,3-4H2,1-2H3. The third-order valence-electron chi connectivity index (χ3n) is 3.09. The number of rotatable bonds is 7. The van der Waals surface area contributed by atoms with E-state index in [0.29, 0.717) is 13.2 Å². The molecule has 1 radical (unpaired) electrons. The Bertz CT molecular complexity index is 524. The SMILES string of the molecule is CCO[Si](OCC)C(Cl)c1ccc(-c2ccccc2)cc1. The van der Waals surface area contributed by atoms with Gasteiger partial charge in [-0.2, -0.15) is 0 Å². The second-order valence-electron chi connectivity index (χ2n) is 4.54. The van der Waals surface area contributed by atoms with Crippen LogP contribution in [0.5, 0.6) is 0 Å². The predicted octanol–water partition coefficient (Wildman–Crippen LogP) is 4.73.